The molecule has 0 aliphatic carbocycles. The summed E-state index contributed by atoms with van der Waals surface area (Å²) in [6.45, 7) is -0.725. The van der Waals surface area contributed by atoms with Gasteiger partial charge in [-0.1, -0.05) is 24.3 Å². The third-order valence-corrected chi connectivity index (χ3v) is 4.62. The smallest absolute Gasteiger partial charge is 0.496 e. The lowest BCUT2D eigenvalue weighted by molar-refractivity contribution is 0.254. The standard InChI is InChI=1S/C17H20O11P2/c1-26-16-8-11(7-13(9-18)14(16)10-19)5-6-12-3-2-4-15(27-29(20,21)22)17(12)28-30(23,24)25/h2-8,18-19H,9-10H2,1H3,(H2,20,21,22)(H2,23,24,25)/b6-5-. The van der Waals surface area contributed by atoms with Crippen molar-refractivity contribution in [3.63, 3.8) is 0 Å². The number of aliphatic hydroxyl groups excluding tert-OH is 2. The van der Waals surface area contributed by atoms with Crippen molar-refractivity contribution in [2.24, 2.45) is 0 Å². The van der Waals surface area contributed by atoms with Crippen molar-refractivity contribution < 1.29 is 52.7 Å². The van der Waals surface area contributed by atoms with Gasteiger partial charge in [0.1, 0.15) is 5.75 Å². The van der Waals surface area contributed by atoms with Crippen LogP contribution >= 0.6 is 15.6 Å². The molecule has 0 radical (unpaired) electrons. The molecule has 0 unspecified atom stereocenters. The summed E-state index contributed by atoms with van der Waals surface area (Å²) in [6, 6.07) is 6.90. The fourth-order valence-corrected chi connectivity index (χ4v) is 3.43. The number of methoxy groups -OCH3 is 1. The molecule has 0 bridgehead atoms. The molecule has 164 valence electrons. The van der Waals surface area contributed by atoms with Crippen LogP contribution < -0.4 is 13.8 Å². The Balaban J connectivity index is 2.54. The maximum absolute atomic E-state index is 11.3. The monoisotopic (exact) mass is 462 g/mol. The molecule has 0 saturated carbocycles. The van der Waals surface area contributed by atoms with Crippen molar-refractivity contribution in [1.29, 1.82) is 0 Å². The Bertz CT molecular complexity index is 997. The average Bonchev–Trinajstić information content (AvgIpc) is 2.65. The molecule has 0 heterocycles. The number of para-hydroxylation sites is 1. The van der Waals surface area contributed by atoms with Gasteiger partial charge >= 0.3 is 15.6 Å². The number of phosphoric ester groups is 2. The molecule has 0 amide bonds. The summed E-state index contributed by atoms with van der Waals surface area (Å²) in [4.78, 5) is 36.3. The van der Waals surface area contributed by atoms with E-state index in [0.717, 1.165) is 6.07 Å². The zero-order valence-corrected chi connectivity index (χ0v) is 17.4. The zero-order valence-electron chi connectivity index (χ0n) is 15.6. The molecule has 30 heavy (non-hydrogen) atoms. The highest BCUT2D eigenvalue weighted by Crippen LogP contribution is 2.48. The maximum atomic E-state index is 11.3. The Labute approximate surface area is 171 Å². The second kappa shape index (κ2) is 9.74. The van der Waals surface area contributed by atoms with Crippen LogP contribution in [0.1, 0.15) is 22.3 Å². The van der Waals surface area contributed by atoms with Gasteiger partial charge in [-0.2, -0.15) is 0 Å². The minimum Gasteiger partial charge on any atom is -0.496 e. The highest BCUT2D eigenvalue weighted by atomic mass is 31.2. The molecular formula is C17H20O11P2. The van der Waals surface area contributed by atoms with Crippen LogP contribution in [0.25, 0.3) is 12.2 Å². The van der Waals surface area contributed by atoms with E-state index >= 15 is 0 Å². The minimum absolute atomic E-state index is 0.0417. The van der Waals surface area contributed by atoms with Gasteiger partial charge < -0.3 is 24.0 Å². The van der Waals surface area contributed by atoms with Gasteiger partial charge in [-0.15, -0.1) is 0 Å². The van der Waals surface area contributed by atoms with Crippen molar-refractivity contribution in [2.75, 3.05) is 7.11 Å². The SMILES string of the molecule is COc1cc(/C=C\c2cccc(OP(=O)(O)O)c2OP(=O)(O)O)cc(CO)c1CO. The van der Waals surface area contributed by atoms with Crippen LogP contribution in [-0.4, -0.2) is 36.9 Å². The van der Waals surface area contributed by atoms with Gasteiger partial charge in [-0.05, 0) is 29.3 Å². The summed E-state index contributed by atoms with van der Waals surface area (Å²) in [5.41, 5.74) is 1.35. The van der Waals surface area contributed by atoms with Crippen LogP contribution in [0.15, 0.2) is 30.3 Å². The number of phosphoric acid groups is 2. The van der Waals surface area contributed by atoms with Crippen LogP contribution in [0.4, 0.5) is 0 Å². The van der Waals surface area contributed by atoms with Crippen LogP contribution in [-0.2, 0) is 22.3 Å². The summed E-state index contributed by atoms with van der Waals surface area (Å²) in [6.07, 6.45) is 2.83. The molecule has 2 aromatic rings. The summed E-state index contributed by atoms with van der Waals surface area (Å²) >= 11 is 0. The molecule has 0 aliphatic heterocycles. The van der Waals surface area contributed by atoms with E-state index in [-0.39, 0.29) is 18.8 Å². The summed E-state index contributed by atoms with van der Waals surface area (Å²) < 4.78 is 36.7. The Morgan fingerprint density at radius 2 is 1.57 bits per heavy atom. The lowest BCUT2D eigenvalue weighted by Crippen LogP contribution is -1.99. The van der Waals surface area contributed by atoms with Crippen molar-refractivity contribution >= 4 is 27.8 Å². The number of hydrogen-bond donors (Lipinski definition) is 6. The predicted octanol–water partition coefficient (Wildman–Crippen LogP) is 1.79. The summed E-state index contributed by atoms with van der Waals surface area (Å²) in [5.74, 6) is -0.834. The Morgan fingerprint density at radius 1 is 0.900 bits per heavy atom. The number of hydrogen-bond acceptors (Lipinski definition) is 7. The third kappa shape index (κ3) is 6.66. The molecule has 2 aromatic carbocycles. The van der Waals surface area contributed by atoms with E-state index < -0.39 is 27.1 Å². The van der Waals surface area contributed by atoms with E-state index in [2.05, 4.69) is 9.05 Å². The lowest BCUT2D eigenvalue weighted by Gasteiger charge is -2.15. The molecule has 13 heteroatoms. The van der Waals surface area contributed by atoms with E-state index in [1.54, 1.807) is 12.1 Å². The van der Waals surface area contributed by atoms with Crippen LogP contribution in [0.3, 0.4) is 0 Å². The topological polar surface area (TPSA) is 183 Å². The first-order chi connectivity index (χ1) is 14.0. The van der Waals surface area contributed by atoms with Crippen LogP contribution in [0, 0.1) is 0 Å². The lowest BCUT2D eigenvalue weighted by atomic mass is 10.0. The zero-order chi connectivity index (χ0) is 22.5. The van der Waals surface area contributed by atoms with Crippen molar-refractivity contribution in [3.05, 3.63) is 52.6 Å². The largest absolute Gasteiger partial charge is 0.524 e. The van der Waals surface area contributed by atoms with Gasteiger partial charge in [0.15, 0.2) is 11.5 Å². The van der Waals surface area contributed by atoms with E-state index in [1.165, 1.54) is 31.4 Å². The number of rotatable bonds is 9. The van der Waals surface area contributed by atoms with Crippen molar-refractivity contribution in [3.8, 4) is 17.2 Å². The highest BCUT2D eigenvalue weighted by Gasteiger charge is 2.25. The first-order valence-electron chi connectivity index (χ1n) is 8.20. The van der Waals surface area contributed by atoms with Crippen LogP contribution in [0.2, 0.25) is 0 Å². The first-order valence-corrected chi connectivity index (χ1v) is 11.3. The number of benzene rings is 2. The normalized spacial score (nSPS) is 12.2. The fraction of sp³-hybridized carbons (Fsp3) is 0.176. The Morgan fingerprint density at radius 3 is 2.10 bits per heavy atom. The molecular weight excluding hydrogens is 442 g/mol. The molecule has 0 atom stereocenters. The number of aliphatic hydroxyl groups is 2. The van der Waals surface area contributed by atoms with E-state index in [0.29, 0.717) is 22.4 Å². The number of ether oxygens (including phenoxy) is 1. The molecule has 2 rings (SSSR count). The van der Waals surface area contributed by atoms with Gasteiger partial charge in [0, 0.05) is 11.1 Å². The molecule has 6 N–H and O–H groups in total. The van der Waals surface area contributed by atoms with E-state index in [4.69, 9.17) is 24.3 Å². The predicted molar refractivity (Wildman–Crippen MR) is 106 cm³/mol. The Kier molecular flexibility index (Phi) is 7.81. The van der Waals surface area contributed by atoms with Crippen molar-refractivity contribution in [2.45, 2.75) is 13.2 Å². The fourth-order valence-electron chi connectivity index (χ4n) is 2.59. The summed E-state index contributed by atoms with van der Waals surface area (Å²) in [7, 11) is -8.73. The van der Waals surface area contributed by atoms with Gasteiger partial charge in [-0.25, -0.2) is 9.13 Å². The van der Waals surface area contributed by atoms with Gasteiger partial charge in [0.2, 0.25) is 0 Å². The van der Waals surface area contributed by atoms with Gasteiger partial charge in [0.05, 0.1) is 20.3 Å². The Hall–Kier alpha value is -2.20. The molecule has 0 fully saturated rings. The van der Waals surface area contributed by atoms with Gasteiger partial charge in [0.25, 0.3) is 0 Å². The van der Waals surface area contributed by atoms with E-state index in [1.807, 2.05) is 0 Å². The molecule has 11 nitrogen and oxygen atoms in total. The third-order valence-electron chi connectivity index (χ3n) is 3.76. The minimum atomic E-state index is -5.09. The second-order valence-electron chi connectivity index (χ2n) is 5.85. The van der Waals surface area contributed by atoms with Gasteiger partial charge in [-0.3, -0.25) is 19.6 Å². The van der Waals surface area contributed by atoms with Crippen molar-refractivity contribution in [1.82, 2.24) is 0 Å². The molecule has 0 saturated heterocycles. The van der Waals surface area contributed by atoms with E-state index in [9.17, 15) is 19.3 Å². The quantitative estimate of drug-likeness (QED) is 0.236. The average molecular weight is 462 g/mol. The molecule has 0 aliphatic rings. The second-order valence-corrected chi connectivity index (χ2v) is 8.18. The highest BCUT2D eigenvalue weighted by molar-refractivity contribution is 7.47. The summed E-state index contributed by atoms with van der Waals surface area (Å²) in [5, 5.41) is 19.0. The van der Waals surface area contributed by atoms with Crippen LogP contribution in [0.5, 0.6) is 17.2 Å². The molecule has 0 spiro atoms. The first kappa shape index (κ1) is 24.1. The molecule has 0 aromatic heterocycles. The maximum Gasteiger partial charge on any atom is 0.524 e.